The minimum absolute atomic E-state index is 0.00529. The van der Waals surface area contributed by atoms with Crippen LogP contribution in [0.15, 0.2) is 27.4 Å². The van der Waals surface area contributed by atoms with Crippen molar-refractivity contribution in [1.29, 1.82) is 5.26 Å². The molecule has 2 bridgehead atoms. The topological polar surface area (TPSA) is 206 Å². The van der Waals surface area contributed by atoms with Crippen molar-refractivity contribution in [3.63, 3.8) is 0 Å². The number of aliphatic imine (C=N–C) groups is 2. The molecule has 1 fully saturated rings. The molecule has 0 saturated carbocycles. The number of rotatable bonds is 6. The van der Waals surface area contributed by atoms with Crippen LogP contribution >= 0.6 is 13.4 Å². The molecule has 5 heterocycles. The Hall–Kier alpha value is -2.66. The Labute approximate surface area is 259 Å². The Morgan fingerprint density at radius 3 is 2.98 bits per heavy atom. The number of aromatic nitrogens is 6. The number of aryl methyl sites for hydroxylation is 1. The number of hydrogen-bond acceptors (Lipinski definition) is 14. The van der Waals surface area contributed by atoms with E-state index in [4.69, 9.17) is 56.2 Å². The van der Waals surface area contributed by atoms with E-state index in [1.807, 2.05) is 6.07 Å². The summed E-state index contributed by atoms with van der Waals surface area (Å²) in [6.07, 6.45) is -2.57. The molecule has 3 aromatic rings. The number of fused-ring (bicyclic) bond motifs is 4. The van der Waals surface area contributed by atoms with Crippen LogP contribution < -0.4 is 5.56 Å². The van der Waals surface area contributed by atoms with E-state index in [1.54, 1.807) is 11.5 Å². The highest BCUT2D eigenvalue weighted by Crippen LogP contribution is 2.53. The number of halogens is 1. The summed E-state index contributed by atoms with van der Waals surface area (Å²) >= 11 is 10.8. The van der Waals surface area contributed by atoms with E-state index in [2.05, 4.69) is 36.6 Å². The van der Waals surface area contributed by atoms with Crippen LogP contribution in [-0.2, 0) is 64.1 Å². The predicted molar refractivity (Wildman–Crippen MR) is 160 cm³/mol. The number of imidazole rings is 2. The highest BCUT2D eigenvalue weighted by atomic mass is 32.5. The summed E-state index contributed by atoms with van der Waals surface area (Å²) in [5.74, 6) is 0.670. The van der Waals surface area contributed by atoms with Crippen LogP contribution in [0.5, 0.6) is 0 Å². The van der Waals surface area contributed by atoms with Crippen molar-refractivity contribution in [3.8, 4) is 6.07 Å². The van der Waals surface area contributed by atoms with Crippen molar-refractivity contribution >= 4 is 67.1 Å². The Kier molecular flexibility index (Phi) is 10.2. The van der Waals surface area contributed by atoms with Gasteiger partial charge in [0, 0.05) is 6.54 Å². The van der Waals surface area contributed by atoms with E-state index in [0.717, 1.165) is 6.33 Å². The van der Waals surface area contributed by atoms with Crippen molar-refractivity contribution in [2.24, 2.45) is 9.98 Å². The summed E-state index contributed by atoms with van der Waals surface area (Å²) in [6.45, 7) is -3.49. The van der Waals surface area contributed by atoms with Crippen molar-refractivity contribution in [2.75, 3.05) is 19.8 Å². The third kappa shape index (κ3) is 7.09. The van der Waals surface area contributed by atoms with E-state index in [9.17, 15) is 9.69 Å². The Morgan fingerprint density at radius 1 is 1.39 bits per heavy atom. The number of aromatic amines is 1. The van der Waals surface area contributed by atoms with Crippen LogP contribution in [-0.4, -0.2) is 85.2 Å². The molecule has 5 rings (SSSR count). The zero-order valence-corrected chi connectivity index (χ0v) is 26.4. The second-order valence-corrected chi connectivity index (χ2v) is 15.0. The fraction of sp³-hybridized carbons (Fsp3) is 0.500. The van der Waals surface area contributed by atoms with Crippen molar-refractivity contribution in [3.05, 3.63) is 34.5 Å². The molecule has 0 aliphatic carbocycles. The molecule has 22 heteroatoms. The second kappa shape index (κ2) is 13.8. The Morgan fingerprint density at radius 2 is 2.20 bits per heavy atom. The zero-order chi connectivity index (χ0) is 31.5. The lowest BCUT2D eigenvalue weighted by Gasteiger charge is -2.25. The average molecular weight is 690 g/mol. The SMILES string of the molecule is C=NC=Nc1c(C)nc2n1CCOP(=S)(OCCC#N)OC[C@H]1O[C@@H](n3cnc4c(=O)[nH]cnc43)[C@H](OP(O)(=S)OC2)[C@@H]1F. The van der Waals surface area contributed by atoms with Gasteiger partial charge in [0.05, 0.1) is 50.7 Å². The first-order valence-electron chi connectivity index (χ1n) is 12.9. The van der Waals surface area contributed by atoms with Crippen molar-refractivity contribution in [2.45, 2.75) is 51.1 Å². The van der Waals surface area contributed by atoms with Gasteiger partial charge in [-0.25, -0.2) is 24.3 Å². The summed E-state index contributed by atoms with van der Waals surface area (Å²) in [6, 6.07) is 1.95. The summed E-state index contributed by atoms with van der Waals surface area (Å²) in [5.41, 5.74) is -0.00993. The number of nitriles is 1. The molecule has 44 heavy (non-hydrogen) atoms. The summed E-state index contributed by atoms with van der Waals surface area (Å²) < 4.78 is 53.7. The van der Waals surface area contributed by atoms with Gasteiger partial charge in [-0.1, -0.05) is 0 Å². The standard InChI is InChI=1S/C22H26FN9O8P2S2/c1-13-19(26-10-25-2)31-5-7-36-42(44,35-6-3-4-24)38-8-14-16(23)18(40-41(34,43)37-9-15(31)30-13)22(39-14)32-12-29-17-20(32)27-11-28-21(17)33/h10-12,14,16,18,22H,2-3,5-9H2,1H3,(H,34,43)(H,27,28,33)/t14-,16-,18-,22-,41?,42?/m1/s1. The van der Waals surface area contributed by atoms with Gasteiger partial charge in [-0.05, 0) is 37.3 Å². The van der Waals surface area contributed by atoms with Gasteiger partial charge in [-0.2, -0.15) is 5.26 Å². The van der Waals surface area contributed by atoms with Gasteiger partial charge >= 0.3 is 13.4 Å². The summed E-state index contributed by atoms with van der Waals surface area (Å²) in [5, 5.41) is 8.98. The number of nitrogens with zero attached hydrogens (tertiary/aromatic N) is 8. The number of nitrogens with one attached hydrogen (secondary N) is 1. The maximum Gasteiger partial charge on any atom is 0.327 e. The highest BCUT2D eigenvalue weighted by Gasteiger charge is 2.50. The van der Waals surface area contributed by atoms with Crippen LogP contribution in [0.4, 0.5) is 10.2 Å². The molecule has 2 aliphatic heterocycles. The number of hydrogen-bond donors (Lipinski definition) is 2. The normalized spacial score (nSPS) is 30.0. The molecule has 3 aromatic heterocycles. The summed E-state index contributed by atoms with van der Waals surface area (Å²) in [7, 11) is 0. The van der Waals surface area contributed by atoms with Gasteiger partial charge < -0.3 is 37.3 Å². The fourth-order valence-corrected chi connectivity index (χ4v) is 7.61. The lowest BCUT2D eigenvalue weighted by Crippen LogP contribution is -2.32. The lowest BCUT2D eigenvalue weighted by atomic mass is 10.1. The Balaban J connectivity index is 1.53. The third-order valence-electron chi connectivity index (χ3n) is 6.39. The fourth-order valence-electron chi connectivity index (χ4n) is 4.49. The molecule has 6 atom stereocenters. The molecule has 0 spiro atoms. The van der Waals surface area contributed by atoms with E-state index >= 15 is 4.39 Å². The van der Waals surface area contributed by atoms with Crippen molar-refractivity contribution < 1.29 is 36.6 Å². The van der Waals surface area contributed by atoms with Gasteiger partial charge in [-0.15, -0.1) is 0 Å². The first-order chi connectivity index (χ1) is 21.1. The maximum atomic E-state index is 16.1. The van der Waals surface area contributed by atoms with Gasteiger partial charge in [0.25, 0.3) is 5.56 Å². The highest BCUT2D eigenvalue weighted by molar-refractivity contribution is 8.07. The van der Waals surface area contributed by atoms with Gasteiger partial charge in [-0.3, -0.25) is 18.9 Å². The molecular weight excluding hydrogens is 663 g/mol. The Bertz CT molecular complexity index is 1760. The van der Waals surface area contributed by atoms with Crippen LogP contribution in [0.25, 0.3) is 11.2 Å². The third-order valence-corrected chi connectivity index (χ3v) is 10.3. The smallest absolute Gasteiger partial charge is 0.327 e. The van der Waals surface area contributed by atoms with Crippen LogP contribution in [0.3, 0.4) is 0 Å². The monoisotopic (exact) mass is 689 g/mol. The second-order valence-electron chi connectivity index (χ2n) is 9.21. The van der Waals surface area contributed by atoms with E-state index in [0.29, 0.717) is 11.5 Å². The largest absolute Gasteiger partial charge is 0.346 e. The van der Waals surface area contributed by atoms with Crippen LogP contribution in [0, 0.1) is 18.3 Å². The van der Waals surface area contributed by atoms with Crippen molar-refractivity contribution in [1.82, 2.24) is 29.1 Å². The maximum absolute atomic E-state index is 16.1. The summed E-state index contributed by atoms with van der Waals surface area (Å²) in [4.78, 5) is 46.3. The molecule has 2 N–H and O–H groups in total. The number of alkyl halides is 1. The van der Waals surface area contributed by atoms with Gasteiger partial charge in [0.2, 0.25) is 0 Å². The molecule has 0 aromatic carbocycles. The molecule has 0 amide bonds. The molecule has 2 aliphatic rings. The molecule has 0 radical (unpaired) electrons. The first-order valence-corrected chi connectivity index (χ1v) is 18.0. The lowest BCUT2D eigenvalue weighted by molar-refractivity contribution is -0.0472. The van der Waals surface area contributed by atoms with Gasteiger partial charge in [0.1, 0.15) is 31.0 Å². The van der Waals surface area contributed by atoms with Crippen LogP contribution in [0.2, 0.25) is 0 Å². The van der Waals surface area contributed by atoms with E-state index < -0.39 is 50.2 Å². The molecule has 17 nitrogen and oxygen atoms in total. The first kappa shape index (κ1) is 32.7. The zero-order valence-electron chi connectivity index (χ0n) is 23.0. The number of ether oxygens (including phenoxy) is 1. The minimum atomic E-state index is -4.16. The molecule has 1 saturated heterocycles. The predicted octanol–water partition coefficient (Wildman–Crippen LogP) is 2.24. The van der Waals surface area contributed by atoms with Crippen LogP contribution in [0.1, 0.15) is 24.2 Å². The molecule has 2 unspecified atom stereocenters. The average Bonchev–Trinajstić information content (AvgIpc) is 3.64. The molecular formula is C22H26FN9O8P2S2. The number of H-pyrrole nitrogens is 1. The van der Waals surface area contributed by atoms with Gasteiger partial charge in [0.15, 0.2) is 29.4 Å². The quantitative estimate of drug-likeness (QED) is 0.165. The van der Waals surface area contributed by atoms with E-state index in [-0.39, 0.29) is 49.8 Å². The van der Waals surface area contributed by atoms with E-state index in [1.165, 1.54) is 17.2 Å². The minimum Gasteiger partial charge on any atom is -0.346 e. The molecule has 236 valence electrons.